The van der Waals surface area contributed by atoms with E-state index in [4.69, 9.17) is 11.6 Å². The molecular formula is C24H20ClN3O6. The number of ketones is 1. The second-order valence-electron chi connectivity index (χ2n) is 8.26. The number of rotatable bonds is 6. The third-order valence-corrected chi connectivity index (χ3v) is 6.40. The van der Waals surface area contributed by atoms with E-state index in [1.165, 1.54) is 36.4 Å². The summed E-state index contributed by atoms with van der Waals surface area (Å²) in [7, 11) is 0. The van der Waals surface area contributed by atoms with Crippen LogP contribution >= 0.6 is 11.6 Å². The number of hydrogen-bond donors (Lipinski definition) is 0. The molecule has 1 saturated heterocycles. The van der Waals surface area contributed by atoms with Crippen molar-refractivity contribution in [2.45, 2.75) is 19.8 Å². The van der Waals surface area contributed by atoms with Gasteiger partial charge in [0, 0.05) is 17.7 Å². The minimum Gasteiger partial charge on any atom is -0.292 e. The second-order valence-corrected chi connectivity index (χ2v) is 8.67. The first-order chi connectivity index (χ1) is 16.2. The van der Waals surface area contributed by atoms with E-state index >= 15 is 0 Å². The van der Waals surface area contributed by atoms with Crippen LogP contribution in [0.4, 0.5) is 5.69 Å². The highest BCUT2D eigenvalue weighted by Crippen LogP contribution is 2.38. The van der Waals surface area contributed by atoms with E-state index in [1.54, 1.807) is 12.1 Å². The first-order valence-electron chi connectivity index (χ1n) is 10.6. The molecule has 2 aliphatic rings. The Morgan fingerprint density at radius 2 is 1.74 bits per heavy atom. The molecule has 1 aliphatic carbocycles. The van der Waals surface area contributed by atoms with Crippen molar-refractivity contribution in [3.63, 3.8) is 0 Å². The maximum Gasteiger partial charge on any atom is 0.274 e. The zero-order valence-electron chi connectivity index (χ0n) is 18.1. The van der Waals surface area contributed by atoms with Crippen molar-refractivity contribution in [2.24, 2.45) is 11.8 Å². The SMILES string of the molecule is CC1=CC[C@@H]2C(=O)N(N(CC(=O)c3ccc([N+](=O)[O-])cc3)C(=O)c3ccccc3Cl)C(=O)[C@@H]2C1. The summed E-state index contributed by atoms with van der Waals surface area (Å²) < 4.78 is 0. The van der Waals surface area contributed by atoms with Gasteiger partial charge in [0.1, 0.15) is 6.54 Å². The van der Waals surface area contributed by atoms with E-state index in [0.29, 0.717) is 12.8 Å². The van der Waals surface area contributed by atoms with Crippen LogP contribution in [0.1, 0.15) is 40.5 Å². The summed E-state index contributed by atoms with van der Waals surface area (Å²) in [6, 6.07) is 11.0. The zero-order chi connectivity index (χ0) is 24.6. The average Bonchev–Trinajstić information content (AvgIpc) is 3.06. The Morgan fingerprint density at radius 3 is 2.38 bits per heavy atom. The molecule has 34 heavy (non-hydrogen) atoms. The Balaban J connectivity index is 1.69. The lowest BCUT2D eigenvalue weighted by atomic mass is 9.82. The van der Waals surface area contributed by atoms with E-state index in [1.807, 2.05) is 13.0 Å². The molecule has 9 nitrogen and oxygen atoms in total. The van der Waals surface area contributed by atoms with E-state index in [0.717, 1.165) is 15.6 Å². The normalized spacial score (nSPS) is 19.5. The number of benzene rings is 2. The van der Waals surface area contributed by atoms with Crippen molar-refractivity contribution in [2.75, 3.05) is 6.54 Å². The van der Waals surface area contributed by atoms with Crippen LogP contribution in [-0.4, -0.2) is 45.0 Å². The average molecular weight is 482 g/mol. The number of allylic oxidation sites excluding steroid dienone is 2. The topological polar surface area (TPSA) is 118 Å². The fraction of sp³-hybridized carbons (Fsp3) is 0.250. The third kappa shape index (κ3) is 4.22. The van der Waals surface area contributed by atoms with Crippen molar-refractivity contribution in [3.8, 4) is 0 Å². The standard InChI is InChI=1S/C24H20ClN3O6/c1-14-6-11-17-19(12-14)24(32)27(23(17)31)26(22(30)18-4-2-3-5-20(18)25)13-21(29)15-7-9-16(10-8-15)28(33)34/h2-10,17,19H,11-13H2,1H3/t17-,19+/m0/s1. The second kappa shape index (κ2) is 9.18. The lowest BCUT2D eigenvalue weighted by molar-refractivity contribution is -0.384. The molecule has 2 atom stereocenters. The number of fused-ring (bicyclic) bond motifs is 1. The fourth-order valence-corrected chi connectivity index (χ4v) is 4.48. The molecule has 3 amide bonds. The molecule has 1 fully saturated rings. The van der Waals surface area contributed by atoms with Gasteiger partial charge in [0.25, 0.3) is 23.4 Å². The molecule has 0 spiro atoms. The van der Waals surface area contributed by atoms with Crippen LogP contribution in [0.25, 0.3) is 0 Å². The molecule has 0 radical (unpaired) electrons. The predicted octanol–water partition coefficient (Wildman–Crippen LogP) is 3.83. The van der Waals surface area contributed by atoms with Gasteiger partial charge in [0.15, 0.2) is 5.78 Å². The summed E-state index contributed by atoms with van der Waals surface area (Å²) in [4.78, 5) is 63.3. The molecule has 2 aromatic rings. The van der Waals surface area contributed by atoms with Gasteiger partial charge in [-0.1, -0.05) is 35.4 Å². The van der Waals surface area contributed by atoms with E-state index in [2.05, 4.69) is 0 Å². The molecule has 10 heteroatoms. The van der Waals surface area contributed by atoms with Gasteiger partial charge < -0.3 is 0 Å². The number of halogens is 1. The van der Waals surface area contributed by atoms with Gasteiger partial charge in [-0.2, -0.15) is 5.01 Å². The van der Waals surface area contributed by atoms with E-state index in [-0.39, 0.29) is 21.8 Å². The minimum atomic E-state index is -0.772. The van der Waals surface area contributed by atoms with Gasteiger partial charge in [-0.05, 0) is 44.0 Å². The molecule has 0 N–H and O–H groups in total. The van der Waals surface area contributed by atoms with Crippen molar-refractivity contribution < 1.29 is 24.1 Å². The van der Waals surface area contributed by atoms with Crippen LogP contribution in [0.3, 0.4) is 0 Å². The molecule has 2 aromatic carbocycles. The van der Waals surface area contributed by atoms with Crippen molar-refractivity contribution >= 4 is 40.8 Å². The smallest absolute Gasteiger partial charge is 0.274 e. The first-order valence-corrected chi connectivity index (χ1v) is 10.9. The van der Waals surface area contributed by atoms with Gasteiger partial charge in [-0.15, -0.1) is 0 Å². The summed E-state index contributed by atoms with van der Waals surface area (Å²) in [5, 5.41) is 12.6. The number of carbonyl (C=O) groups excluding carboxylic acids is 4. The lowest BCUT2D eigenvalue weighted by Crippen LogP contribution is -2.52. The quantitative estimate of drug-likeness (QED) is 0.203. The number of hydrogen-bond acceptors (Lipinski definition) is 6. The number of non-ortho nitro benzene ring substituents is 1. The maximum absolute atomic E-state index is 13.5. The highest BCUT2D eigenvalue weighted by molar-refractivity contribution is 6.34. The molecule has 1 aliphatic heterocycles. The number of Topliss-reactive ketones (excluding diaryl/α,β-unsaturated/α-hetero) is 1. The third-order valence-electron chi connectivity index (χ3n) is 6.07. The zero-order valence-corrected chi connectivity index (χ0v) is 18.9. The van der Waals surface area contributed by atoms with Crippen molar-refractivity contribution in [1.82, 2.24) is 10.0 Å². The van der Waals surface area contributed by atoms with Crippen LogP contribution in [0.2, 0.25) is 5.02 Å². The molecule has 0 aromatic heterocycles. The van der Waals surface area contributed by atoms with Gasteiger partial charge >= 0.3 is 0 Å². The molecule has 4 rings (SSSR count). The monoisotopic (exact) mass is 481 g/mol. The Bertz CT molecular complexity index is 1240. The number of imide groups is 1. The number of nitro benzene ring substituents is 1. The van der Waals surface area contributed by atoms with Gasteiger partial charge in [0.2, 0.25) is 0 Å². The molecule has 0 bridgehead atoms. The van der Waals surface area contributed by atoms with Crippen LogP contribution in [0, 0.1) is 22.0 Å². The van der Waals surface area contributed by atoms with Crippen molar-refractivity contribution in [1.29, 1.82) is 0 Å². The molecular weight excluding hydrogens is 462 g/mol. The summed E-state index contributed by atoms with van der Waals surface area (Å²) in [5.74, 6) is -3.67. The Labute approximate surface area is 199 Å². The summed E-state index contributed by atoms with van der Waals surface area (Å²) in [6.07, 6.45) is 2.68. The Kier molecular flexibility index (Phi) is 6.30. The van der Waals surface area contributed by atoms with Crippen LogP contribution < -0.4 is 0 Å². The van der Waals surface area contributed by atoms with Gasteiger partial charge in [-0.3, -0.25) is 29.3 Å². The molecule has 0 saturated carbocycles. The maximum atomic E-state index is 13.5. The predicted molar refractivity (Wildman–Crippen MR) is 122 cm³/mol. The summed E-state index contributed by atoms with van der Waals surface area (Å²) in [5.41, 5.74) is 0.912. The Morgan fingerprint density at radius 1 is 1.09 bits per heavy atom. The highest BCUT2D eigenvalue weighted by atomic mass is 35.5. The van der Waals surface area contributed by atoms with Gasteiger partial charge in [-0.25, -0.2) is 5.01 Å². The van der Waals surface area contributed by atoms with E-state index in [9.17, 15) is 29.3 Å². The van der Waals surface area contributed by atoms with E-state index < -0.39 is 46.8 Å². The number of nitrogens with zero attached hydrogens (tertiary/aromatic N) is 3. The van der Waals surface area contributed by atoms with Crippen LogP contribution in [-0.2, 0) is 9.59 Å². The molecule has 0 unspecified atom stereocenters. The Hall–Kier alpha value is -3.85. The lowest BCUT2D eigenvalue weighted by Gasteiger charge is -2.30. The fourth-order valence-electron chi connectivity index (χ4n) is 4.26. The number of carbonyl (C=O) groups is 4. The number of nitro groups is 1. The molecule has 174 valence electrons. The van der Waals surface area contributed by atoms with Gasteiger partial charge in [0.05, 0.1) is 27.3 Å². The largest absolute Gasteiger partial charge is 0.292 e. The highest BCUT2D eigenvalue weighted by Gasteiger charge is 2.51. The minimum absolute atomic E-state index is 0.0328. The summed E-state index contributed by atoms with van der Waals surface area (Å²) >= 11 is 6.19. The number of amides is 3. The number of hydrazine groups is 1. The van der Waals surface area contributed by atoms with Crippen LogP contribution in [0.15, 0.2) is 60.2 Å². The van der Waals surface area contributed by atoms with Crippen LogP contribution in [0.5, 0.6) is 0 Å². The first kappa shape index (κ1) is 23.3. The van der Waals surface area contributed by atoms with Crippen molar-refractivity contribution in [3.05, 3.63) is 86.4 Å². The molecule has 1 heterocycles. The summed E-state index contributed by atoms with van der Waals surface area (Å²) in [6.45, 7) is 1.26.